The van der Waals surface area contributed by atoms with Crippen molar-refractivity contribution in [1.29, 1.82) is 0 Å². The largest absolute Gasteiger partial charge is 0.481 e. The predicted octanol–water partition coefficient (Wildman–Crippen LogP) is 2.26. The molecule has 0 bridgehead atoms. The molecule has 2 heterocycles. The third-order valence-corrected chi connectivity index (χ3v) is 2.72. The average molecular weight is 254 g/mol. The first-order valence-corrected chi connectivity index (χ1v) is 5.66. The number of rotatable bonds is 4. The fourth-order valence-electron chi connectivity index (χ4n) is 1.76. The quantitative estimate of drug-likeness (QED) is 0.908. The molecule has 2 rings (SSSR count). The molecular formula is C11H12ClN3O2. The van der Waals surface area contributed by atoms with Crippen LogP contribution >= 0.6 is 11.6 Å². The lowest BCUT2D eigenvalue weighted by molar-refractivity contribution is -0.137. The first-order chi connectivity index (χ1) is 8.08. The van der Waals surface area contributed by atoms with Gasteiger partial charge in [-0.3, -0.25) is 4.79 Å². The van der Waals surface area contributed by atoms with E-state index in [0.717, 1.165) is 17.0 Å². The lowest BCUT2D eigenvalue weighted by atomic mass is 10.3. The zero-order valence-electron chi connectivity index (χ0n) is 9.35. The number of halogens is 1. The number of hydrogen-bond donors (Lipinski definition) is 1. The van der Waals surface area contributed by atoms with Gasteiger partial charge in [0, 0.05) is 19.2 Å². The van der Waals surface area contributed by atoms with E-state index in [4.69, 9.17) is 16.7 Å². The van der Waals surface area contributed by atoms with Gasteiger partial charge in [0.05, 0.1) is 5.02 Å². The van der Waals surface area contributed by atoms with Crippen LogP contribution < -0.4 is 0 Å². The highest BCUT2D eigenvalue weighted by atomic mass is 35.5. The Kier molecular flexibility index (Phi) is 3.28. The first kappa shape index (κ1) is 11.9. The summed E-state index contributed by atoms with van der Waals surface area (Å²) in [6.07, 6.45) is 2.28. The maximum atomic E-state index is 10.5. The normalized spacial score (nSPS) is 10.9. The van der Waals surface area contributed by atoms with Gasteiger partial charge < -0.3 is 9.67 Å². The molecule has 1 N–H and O–H groups in total. The van der Waals surface area contributed by atoms with Crippen molar-refractivity contribution in [3.63, 3.8) is 0 Å². The number of pyridine rings is 1. The third kappa shape index (κ3) is 2.55. The first-order valence-electron chi connectivity index (χ1n) is 5.28. The highest BCUT2D eigenvalue weighted by molar-refractivity contribution is 6.31. The highest BCUT2D eigenvalue weighted by Crippen LogP contribution is 2.18. The van der Waals surface area contributed by atoms with E-state index in [1.165, 1.54) is 0 Å². The second kappa shape index (κ2) is 4.71. The van der Waals surface area contributed by atoms with Crippen molar-refractivity contribution in [2.45, 2.75) is 26.3 Å². The predicted molar refractivity (Wildman–Crippen MR) is 64.1 cm³/mol. The van der Waals surface area contributed by atoms with Crippen LogP contribution in [0.15, 0.2) is 12.3 Å². The summed E-state index contributed by atoms with van der Waals surface area (Å²) in [5, 5.41) is 9.15. The minimum atomic E-state index is -0.789. The van der Waals surface area contributed by atoms with Gasteiger partial charge in [-0.05, 0) is 19.4 Å². The van der Waals surface area contributed by atoms with E-state index in [1.807, 2.05) is 11.5 Å². The molecule has 0 fully saturated rings. The molecule has 5 nitrogen and oxygen atoms in total. The van der Waals surface area contributed by atoms with Crippen LogP contribution in [0.5, 0.6) is 0 Å². The van der Waals surface area contributed by atoms with Crippen molar-refractivity contribution in [2.75, 3.05) is 0 Å². The van der Waals surface area contributed by atoms with Gasteiger partial charge in [-0.1, -0.05) is 11.6 Å². The molecule has 0 unspecified atom stereocenters. The monoisotopic (exact) mass is 253 g/mol. The van der Waals surface area contributed by atoms with E-state index in [9.17, 15) is 4.79 Å². The van der Waals surface area contributed by atoms with Crippen LogP contribution in [0, 0.1) is 6.92 Å². The molecule has 2 aromatic rings. The maximum absolute atomic E-state index is 10.5. The van der Waals surface area contributed by atoms with E-state index >= 15 is 0 Å². The zero-order chi connectivity index (χ0) is 12.4. The summed E-state index contributed by atoms with van der Waals surface area (Å²) in [7, 11) is 0. The number of carbonyl (C=O) groups is 1. The smallest absolute Gasteiger partial charge is 0.303 e. The zero-order valence-corrected chi connectivity index (χ0v) is 10.1. The number of aromatic nitrogens is 3. The molecule has 0 aliphatic rings. The van der Waals surface area contributed by atoms with Crippen molar-refractivity contribution in [2.24, 2.45) is 0 Å². The lowest BCUT2D eigenvalue weighted by Crippen LogP contribution is -2.04. The summed E-state index contributed by atoms with van der Waals surface area (Å²) >= 11 is 5.84. The van der Waals surface area contributed by atoms with Crippen LogP contribution in [0.2, 0.25) is 5.02 Å². The Hall–Kier alpha value is -1.62. The Morgan fingerprint density at radius 1 is 1.59 bits per heavy atom. The number of aryl methyl sites for hydroxylation is 2. The molecule has 0 aliphatic carbocycles. The second-order valence-corrected chi connectivity index (χ2v) is 4.24. The van der Waals surface area contributed by atoms with Crippen LogP contribution in [0.1, 0.15) is 18.7 Å². The van der Waals surface area contributed by atoms with E-state index in [0.29, 0.717) is 18.0 Å². The maximum Gasteiger partial charge on any atom is 0.303 e. The summed E-state index contributed by atoms with van der Waals surface area (Å²) in [5.74, 6) is 0.0308. The summed E-state index contributed by atoms with van der Waals surface area (Å²) in [4.78, 5) is 19.0. The minimum absolute atomic E-state index is 0.146. The van der Waals surface area contributed by atoms with Crippen LogP contribution in [0.3, 0.4) is 0 Å². The SMILES string of the molecule is Cc1nc2cc(Cl)cnc2n1CCCC(=O)O. The van der Waals surface area contributed by atoms with Gasteiger partial charge >= 0.3 is 5.97 Å². The van der Waals surface area contributed by atoms with Crippen LogP contribution in [0.4, 0.5) is 0 Å². The average Bonchev–Trinajstić information content (AvgIpc) is 2.54. The molecule has 0 aromatic carbocycles. The minimum Gasteiger partial charge on any atom is -0.481 e. The van der Waals surface area contributed by atoms with E-state index < -0.39 is 5.97 Å². The Balaban J connectivity index is 2.27. The van der Waals surface area contributed by atoms with Crippen molar-refractivity contribution < 1.29 is 9.90 Å². The fourth-order valence-corrected chi connectivity index (χ4v) is 1.91. The van der Waals surface area contributed by atoms with Crippen molar-refractivity contribution in [3.05, 3.63) is 23.1 Å². The summed E-state index contributed by atoms with van der Waals surface area (Å²) in [6.45, 7) is 2.47. The lowest BCUT2D eigenvalue weighted by Gasteiger charge is -2.04. The summed E-state index contributed by atoms with van der Waals surface area (Å²) < 4.78 is 1.91. The second-order valence-electron chi connectivity index (χ2n) is 3.80. The molecule has 0 spiro atoms. The fraction of sp³-hybridized carbons (Fsp3) is 0.364. The number of hydrogen-bond acceptors (Lipinski definition) is 3. The van der Waals surface area contributed by atoms with Gasteiger partial charge in [-0.25, -0.2) is 9.97 Å². The Labute approximate surface area is 103 Å². The number of fused-ring (bicyclic) bond motifs is 1. The Bertz CT molecular complexity index is 565. The molecule has 90 valence electrons. The number of aliphatic carboxylic acids is 1. The molecule has 2 aromatic heterocycles. The topological polar surface area (TPSA) is 68.0 Å². The van der Waals surface area contributed by atoms with Crippen molar-refractivity contribution >= 4 is 28.7 Å². The van der Waals surface area contributed by atoms with E-state index in [1.54, 1.807) is 12.3 Å². The molecule has 0 saturated heterocycles. The van der Waals surface area contributed by atoms with Gasteiger partial charge in [-0.2, -0.15) is 0 Å². The summed E-state index contributed by atoms with van der Waals surface area (Å²) in [5.41, 5.74) is 1.49. The van der Waals surface area contributed by atoms with Crippen LogP contribution in [0.25, 0.3) is 11.2 Å². The Morgan fingerprint density at radius 3 is 3.06 bits per heavy atom. The molecule has 0 amide bonds. The van der Waals surface area contributed by atoms with Gasteiger partial charge in [0.25, 0.3) is 0 Å². The van der Waals surface area contributed by atoms with Crippen LogP contribution in [-0.4, -0.2) is 25.6 Å². The number of carboxylic acids is 1. The molecular weight excluding hydrogens is 242 g/mol. The number of nitrogens with zero attached hydrogens (tertiary/aromatic N) is 3. The third-order valence-electron chi connectivity index (χ3n) is 2.51. The van der Waals surface area contributed by atoms with Gasteiger partial charge in [-0.15, -0.1) is 0 Å². The number of carboxylic acid groups (broad SMARTS) is 1. The van der Waals surface area contributed by atoms with Crippen LogP contribution in [-0.2, 0) is 11.3 Å². The molecule has 17 heavy (non-hydrogen) atoms. The van der Waals surface area contributed by atoms with Crippen molar-refractivity contribution in [3.8, 4) is 0 Å². The van der Waals surface area contributed by atoms with E-state index in [-0.39, 0.29) is 6.42 Å². The highest BCUT2D eigenvalue weighted by Gasteiger charge is 2.09. The van der Waals surface area contributed by atoms with Gasteiger partial charge in [0.15, 0.2) is 5.65 Å². The van der Waals surface area contributed by atoms with Crippen molar-refractivity contribution in [1.82, 2.24) is 14.5 Å². The van der Waals surface area contributed by atoms with Gasteiger partial charge in [0.2, 0.25) is 0 Å². The van der Waals surface area contributed by atoms with E-state index in [2.05, 4.69) is 9.97 Å². The molecule has 0 radical (unpaired) electrons. The Morgan fingerprint density at radius 2 is 2.35 bits per heavy atom. The van der Waals surface area contributed by atoms with Gasteiger partial charge in [0.1, 0.15) is 11.3 Å². The summed E-state index contributed by atoms with van der Waals surface area (Å²) in [6, 6.07) is 1.75. The molecule has 0 aliphatic heterocycles. The molecule has 0 saturated carbocycles. The number of imidazole rings is 1. The standard InChI is InChI=1S/C11H12ClN3O2/c1-7-14-9-5-8(12)6-13-11(9)15(7)4-2-3-10(16)17/h5-6H,2-4H2,1H3,(H,16,17). The molecule has 0 atom stereocenters. The molecule has 6 heteroatoms.